The Morgan fingerprint density at radius 2 is 1.67 bits per heavy atom. The van der Waals surface area contributed by atoms with Crippen molar-refractivity contribution >= 4 is 16.8 Å². The van der Waals surface area contributed by atoms with Gasteiger partial charge in [-0.2, -0.15) is 13.2 Å². The van der Waals surface area contributed by atoms with Crippen LogP contribution < -0.4 is 5.32 Å². The Morgan fingerprint density at radius 1 is 0.963 bits per heavy atom. The van der Waals surface area contributed by atoms with Crippen molar-refractivity contribution < 1.29 is 18.3 Å². The third-order valence-electron chi connectivity index (χ3n) is 4.40. The predicted octanol–water partition coefficient (Wildman–Crippen LogP) is 5.54. The number of benzene rings is 3. The summed E-state index contributed by atoms with van der Waals surface area (Å²) in [5.74, 6) is 0. The molecule has 0 radical (unpaired) electrons. The van der Waals surface area contributed by atoms with Crippen molar-refractivity contribution in [1.82, 2.24) is 5.32 Å². The molecule has 0 heterocycles. The van der Waals surface area contributed by atoms with Crippen molar-refractivity contribution in [3.63, 3.8) is 0 Å². The minimum atomic E-state index is -4.39. The molecule has 0 bridgehead atoms. The fourth-order valence-corrected chi connectivity index (χ4v) is 3.05. The van der Waals surface area contributed by atoms with E-state index in [2.05, 4.69) is 5.32 Å². The molecule has 2 atom stereocenters. The van der Waals surface area contributed by atoms with E-state index in [0.29, 0.717) is 5.56 Å². The maximum absolute atomic E-state index is 12.8. The van der Waals surface area contributed by atoms with Crippen LogP contribution in [0.4, 0.5) is 13.2 Å². The average Bonchev–Trinajstić information content (AvgIpc) is 2.65. The normalized spacial score (nSPS) is 14.6. The number of alkyl halides is 3. The van der Waals surface area contributed by atoms with Crippen LogP contribution in [0, 0.1) is 0 Å². The predicted molar refractivity (Wildman–Crippen MR) is 102 cm³/mol. The van der Waals surface area contributed by atoms with Crippen LogP contribution in [0.5, 0.6) is 0 Å². The quantitative estimate of drug-likeness (QED) is 0.577. The molecular formula is C22H20F3NO. The van der Waals surface area contributed by atoms with Gasteiger partial charge in [0, 0.05) is 6.04 Å². The van der Waals surface area contributed by atoms with Crippen LogP contribution in [-0.4, -0.2) is 11.3 Å². The maximum atomic E-state index is 12.8. The molecule has 5 heteroatoms. The van der Waals surface area contributed by atoms with Crippen LogP contribution in [0.3, 0.4) is 0 Å². The van der Waals surface area contributed by atoms with Crippen LogP contribution in [0.15, 0.2) is 72.8 Å². The van der Waals surface area contributed by atoms with Crippen LogP contribution in [0.2, 0.25) is 0 Å². The molecule has 0 aliphatic carbocycles. The smallest absolute Gasteiger partial charge is 0.375 e. The molecule has 2 N–H and O–H groups in total. The minimum Gasteiger partial charge on any atom is -0.375 e. The third kappa shape index (κ3) is 4.76. The monoisotopic (exact) mass is 371 g/mol. The van der Waals surface area contributed by atoms with Gasteiger partial charge < -0.3 is 5.11 Å². The van der Waals surface area contributed by atoms with E-state index in [4.69, 9.17) is 0 Å². The number of hydrogen-bond acceptors (Lipinski definition) is 2. The fourth-order valence-electron chi connectivity index (χ4n) is 3.05. The first-order chi connectivity index (χ1) is 12.8. The zero-order valence-corrected chi connectivity index (χ0v) is 14.7. The van der Waals surface area contributed by atoms with Gasteiger partial charge in [0.05, 0.1) is 5.56 Å². The average molecular weight is 371 g/mol. The molecule has 0 aliphatic rings. The van der Waals surface area contributed by atoms with Gasteiger partial charge >= 0.3 is 6.18 Å². The van der Waals surface area contributed by atoms with Gasteiger partial charge in [0.25, 0.3) is 0 Å². The summed E-state index contributed by atoms with van der Waals surface area (Å²) in [6, 6.07) is 18.8. The van der Waals surface area contributed by atoms with Crippen molar-refractivity contribution in [2.75, 3.05) is 0 Å². The van der Waals surface area contributed by atoms with Gasteiger partial charge in [0.1, 0.15) is 6.23 Å². The van der Waals surface area contributed by atoms with E-state index >= 15 is 0 Å². The lowest BCUT2D eigenvalue weighted by molar-refractivity contribution is -0.137. The van der Waals surface area contributed by atoms with Crippen LogP contribution in [0.25, 0.3) is 16.8 Å². The Labute approximate surface area is 156 Å². The standard InChI is InChI=1S/C22H20F3NO/c1-15(19-11-5-8-17-7-2-3-10-20(17)19)26-21(27)13-12-16-6-4-9-18(14-16)22(23,24)25/h2-15,21,26-27H,1H3/b13-12+. The first-order valence-electron chi connectivity index (χ1n) is 8.62. The van der Waals surface area contributed by atoms with Gasteiger partial charge in [0.15, 0.2) is 0 Å². The highest BCUT2D eigenvalue weighted by molar-refractivity contribution is 5.86. The van der Waals surface area contributed by atoms with Crippen molar-refractivity contribution in [2.24, 2.45) is 0 Å². The van der Waals surface area contributed by atoms with Crippen molar-refractivity contribution in [2.45, 2.75) is 25.4 Å². The Balaban J connectivity index is 1.72. The zero-order chi connectivity index (χ0) is 19.4. The van der Waals surface area contributed by atoms with E-state index < -0.39 is 18.0 Å². The van der Waals surface area contributed by atoms with Crippen LogP contribution >= 0.6 is 0 Å². The number of hydrogen-bond donors (Lipinski definition) is 2. The molecule has 0 aromatic heterocycles. The molecule has 2 nitrogen and oxygen atoms in total. The van der Waals surface area contributed by atoms with Crippen molar-refractivity contribution in [3.8, 4) is 0 Å². The van der Waals surface area contributed by atoms with E-state index in [-0.39, 0.29) is 6.04 Å². The second-order valence-electron chi connectivity index (χ2n) is 6.38. The molecule has 0 saturated heterocycles. The van der Waals surface area contributed by atoms with Gasteiger partial charge in [-0.15, -0.1) is 0 Å². The Bertz CT molecular complexity index is 944. The molecule has 3 rings (SSSR count). The molecule has 0 spiro atoms. The van der Waals surface area contributed by atoms with E-state index in [9.17, 15) is 18.3 Å². The topological polar surface area (TPSA) is 32.3 Å². The van der Waals surface area contributed by atoms with E-state index in [1.54, 1.807) is 6.07 Å². The second kappa shape index (κ2) is 7.94. The minimum absolute atomic E-state index is 0.141. The SMILES string of the molecule is CC(NC(O)/C=C/c1cccc(C(F)(F)F)c1)c1cccc2ccccc12. The van der Waals surface area contributed by atoms with Gasteiger partial charge in [-0.3, -0.25) is 5.32 Å². The summed E-state index contributed by atoms with van der Waals surface area (Å²) in [5, 5.41) is 15.5. The molecule has 27 heavy (non-hydrogen) atoms. The number of fused-ring (bicyclic) bond motifs is 1. The molecular weight excluding hydrogens is 351 g/mol. The summed E-state index contributed by atoms with van der Waals surface area (Å²) in [5.41, 5.74) is 0.708. The fraction of sp³-hybridized carbons (Fsp3) is 0.182. The van der Waals surface area contributed by atoms with Crippen LogP contribution in [-0.2, 0) is 6.18 Å². The molecule has 0 saturated carbocycles. The highest BCUT2D eigenvalue weighted by atomic mass is 19.4. The first kappa shape index (κ1) is 19.1. The first-order valence-corrected chi connectivity index (χ1v) is 8.62. The molecule has 3 aromatic rings. The van der Waals surface area contributed by atoms with Crippen molar-refractivity contribution in [1.29, 1.82) is 0 Å². The summed E-state index contributed by atoms with van der Waals surface area (Å²) in [4.78, 5) is 0. The van der Waals surface area contributed by atoms with Crippen molar-refractivity contribution in [3.05, 3.63) is 89.5 Å². The molecule has 3 aromatic carbocycles. The summed E-state index contributed by atoms with van der Waals surface area (Å²) in [6.07, 6.45) is -2.46. The summed E-state index contributed by atoms with van der Waals surface area (Å²) in [7, 11) is 0. The van der Waals surface area contributed by atoms with Crippen LogP contribution in [0.1, 0.15) is 29.7 Å². The van der Waals surface area contributed by atoms with Gasteiger partial charge in [-0.05, 0) is 47.0 Å². The molecule has 0 aliphatic heterocycles. The highest BCUT2D eigenvalue weighted by Gasteiger charge is 2.30. The summed E-state index contributed by atoms with van der Waals surface area (Å²) < 4.78 is 38.3. The Hall–Kier alpha value is -2.63. The molecule has 0 amide bonds. The zero-order valence-electron chi connectivity index (χ0n) is 14.7. The van der Waals surface area contributed by atoms with E-state index in [1.165, 1.54) is 18.2 Å². The van der Waals surface area contributed by atoms with Gasteiger partial charge in [0.2, 0.25) is 0 Å². The maximum Gasteiger partial charge on any atom is 0.416 e. The lowest BCUT2D eigenvalue weighted by Gasteiger charge is -2.19. The van der Waals surface area contributed by atoms with E-state index in [1.807, 2.05) is 49.4 Å². The van der Waals surface area contributed by atoms with Gasteiger partial charge in [-0.1, -0.05) is 60.7 Å². The Kier molecular flexibility index (Phi) is 5.63. The summed E-state index contributed by atoms with van der Waals surface area (Å²) in [6.45, 7) is 1.93. The molecule has 140 valence electrons. The Morgan fingerprint density at radius 3 is 2.44 bits per heavy atom. The molecule has 0 fully saturated rings. The largest absolute Gasteiger partial charge is 0.416 e. The molecule has 2 unspecified atom stereocenters. The number of aliphatic hydroxyl groups is 1. The number of halogens is 3. The lowest BCUT2D eigenvalue weighted by Crippen LogP contribution is -2.29. The highest BCUT2D eigenvalue weighted by Crippen LogP contribution is 2.30. The van der Waals surface area contributed by atoms with E-state index in [0.717, 1.165) is 28.5 Å². The number of rotatable bonds is 5. The second-order valence-corrected chi connectivity index (χ2v) is 6.38. The summed E-state index contributed by atoms with van der Waals surface area (Å²) >= 11 is 0. The lowest BCUT2D eigenvalue weighted by atomic mass is 9.99. The van der Waals surface area contributed by atoms with Gasteiger partial charge in [-0.25, -0.2) is 0 Å². The number of aliphatic hydroxyl groups excluding tert-OH is 1. The number of nitrogens with one attached hydrogen (secondary N) is 1. The third-order valence-corrected chi connectivity index (χ3v) is 4.40.